The fourth-order valence-corrected chi connectivity index (χ4v) is 1.33. The number of oxazole rings is 1. The van der Waals surface area contributed by atoms with Gasteiger partial charge < -0.3 is 15.1 Å². The number of nitrogens with one attached hydrogen (secondary N) is 2. The Morgan fingerprint density at radius 3 is 2.89 bits per heavy atom. The first-order valence-electron chi connectivity index (χ1n) is 5.38. The Balaban J connectivity index is 1.99. The first-order chi connectivity index (χ1) is 8.69. The summed E-state index contributed by atoms with van der Waals surface area (Å²) < 4.78 is 5.24. The number of nitrogens with zero attached hydrogens (tertiary/aromatic N) is 3. The van der Waals surface area contributed by atoms with Gasteiger partial charge in [0.05, 0.1) is 25.1 Å². The SMILES string of the molecule is CNc1cncc(C(=O)NCc2ncc(C)o2)n1. The number of rotatable bonds is 4. The molecule has 94 valence electrons. The van der Waals surface area contributed by atoms with Crippen LogP contribution < -0.4 is 10.6 Å². The van der Waals surface area contributed by atoms with E-state index in [1.807, 2.05) is 0 Å². The van der Waals surface area contributed by atoms with E-state index in [0.29, 0.717) is 17.5 Å². The molecule has 18 heavy (non-hydrogen) atoms. The Hall–Kier alpha value is -2.44. The number of anilines is 1. The average molecular weight is 247 g/mol. The molecule has 0 fully saturated rings. The predicted molar refractivity (Wildman–Crippen MR) is 64.0 cm³/mol. The molecule has 0 saturated heterocycles. The summed E-state index contributed by atoms with van der Waals surface area (Å²) in [6, 6.07) is 0. The largest absolute Gasteiger partial charge is 0.444 e. The van der Waals surface area contributed by atoms with Crippen LogP contribution in [0.1, 0.15) is 22.1 Å². The van der Waals surface area contributed by atoms with Crippen LogP contribution in [-0.2, 0) is 6.54 Å². The summed E-state index contributed by atoms with van der Waals surface area (Å²) in [6.45, 7) is 2.01. The number of hydrogen-bond donors (Lipinski definition) is 2. The van der Waals surface area contributed by atoms with Crippen molar-refractivity contribution in [3.8, 4) is 0 Å². The minimum atomic E-state index is -0.324. The van der Waals surface area contributed by atoms with Crippen molar-refractivity contribution in [3.63, 3.8) is 0 Å². The van der Waals surface area contributed by atoms with Crippen molar-refractivity contribution < 1.29 is 9.21 Å². The minimum absolute atomic E-state index is 0.220. The van der Waals surface area contributed by atoms with Crippen molar-refractivity contribution in [3.05, 3.63) is 35.9 Å². The number of carbonyl (C=O) groups is 1. The average Bonchev–Trinajstić information content (AvgIpc) is 2.82. The van der Waals surface area contributed by atoms with E-state index in [0.717, 1.165) is 0 Å². The number of carbonyl (C=O) groups excluding carboxylic acids is 1. The second kappa shape index (κ2) is 5.26. The van der Waals surface area contributed by atoms with Gasteiger partial charge in [-0.2, -0.15) is 0 Å². The zero-order chi connectivity index (χ0) is 13.0. The lowest BCUT2D eigenvalue weighted by atomic mass is 10.4. The lowest BCUT2D eigenvalue weighted by Gasteiger charge is -2.03. The van der Waals surface area contributed by atoms with E-state index in [1.165, 1.54) is 12.4 Å². The molecule has 0 unspecified atom stereocenters. The van der Waals surface area contributed by atoms with Gasteiger partial charge in [0, 0.05) is 7.05 Å². The van der Waals surface area contributed by atoms with Gasteiger partial charge in [0.25, 0.3) is 5.91 Å². The molecule has 0 saturated carbocycles. The summed E-state index contributed by atoms with van der Waals surface area (Å²) in [4.78, 5) is 23.8. The van der Waals surface area contributed by atoms with Gasteiger partial charge in [0.1, 0.15) is 17.3 Å². The van der Waals surface area contributed by atoms with Crippen molar-refractivity contribution in [2.75, 3.05) is 12.4 Å². The topological polar surface area (TPSA) is 92.9 Å². The molecule has 0 atom stereocenters. The van der Waals surface area contributed by atoms with Gasteiger partial charge in [0.2, 0.25) is 5.89 Å². The van der Waals surface area contributed by atoms with E-state index in [-0.39, 0.29) is 18.1 Å². The van der Waals surface area contributed by atoms with E-state index in [1.54, 1.807) is 20.2 Å². The van der Waals surface area contributed by atoms with E-state index in [9.17, 15) is 4.79 Å². The Kier molecular flexibility index (Phi) is 3.52. The first-order valence-corrected chi connectivity index (χ1v) is 5.38. The molecular weight excluding hydrogens is 234 g/mol. The van der Waals surface area contributed by atoms with Crippen LogP contribution in [0.2, 0.25) is 0 Å². The molecular formula is C11H13N5O2. The lowest BCUT2D eigenvalue weighted by molar-refractivity contribution is 0.0942. The third kappa shape index (κ3) is 2.82. The number of amides is 1. The zero-order valence-corrected chi connectivity index (χ0v) is 10.1. The molecule has 2 N–H and O–H groups in total. The molecule has 2 heterocycles. The summed E-state index contributed by atoms with van der Waals surface area (Å²) in [7, 11) is 1.71. The minimum Gasteiger partial charge on any atom is -0.444 e. The van der Waals surface area contributed by atoms with Crippen LogP contribution >= 0.6 is 0 Å². The van der Waals surface area contributed by atoms with Gasteiger partial charge in [-0.25, -0.2) is 9.97 Å². The molecule has 7 nitrogen and oxygen atoms in total. The van der Waals surface area contributed by atoms with Crippen molar-refractivity contribution in [2.24, 2.45) is 0 Å². The van der Waals surface area contributed by atoms with Crippen molar-refractivity contribution in [1.82, 2.24) is 20.3 Å². The molecule has 1 amide bonds. The second-order valence-corrected chi connectivity index (χ2v) is 3.59. The maximum Gasteiger partial charge on any atom is 0.272 e. The standard InChI is InChI=1S/C11H13N5O2/c1-7-3-14-10(18-7)6-15-11(17)8-4-13-5-9(12-2)16-8/h3-5H,6H2,1-2H3,(H,12,16)(H,15,17). The molecule has 2 aromatic heterocycles. The highest BCUT2D eigenvalue weighted by Crippen LogP contribution is 2.03. The maximum absolute atomic E-state index is 11.8. The highest BCUT2D eigenvalue weighted by Gasteiger charge is 2.09. The number of aryl methyl sites for hydroxylation is 1. The molecule has 2 rings (SSSR count). The van der Waals surface area contributed by atoms with Crippen LogP contribution in [0.15, 0.2) is 23.0 Å². The van der Waals surface area contributed by atoms with Gasteiger partial charge in [0.15, 0.2) is 0 Å². The summed E-state index contributed by atoms with van der Waals surface area (Å²) in [5.74, 6) is 1.37. The number of aromatic nitrogens is 3. The maximum atomic E-state index is 11.8. The quantitative estimate of drug-likeness (QED) is 0.828. The van der Waals surface area contributed by atoms with E-state index < -0.39 is 0 Å². The van der Waals surface area contributed by atoms with Crippen LogP contribution in [0.25, 0.3) is 0 Å². The Labute approximate surface area is 104 Å². The summed E-state index contributed by atoms with van der Waals surface area (Å²) in [6.07, 6.45) is 4.54. The van der Waals surface area contributed by atoms with Crippen LogP contribution in [0, 0.1) is 6.92 Å². The fraction of sp³-hybridized carbons (Fsp3) is 0.273. The van der Waals surface area contributed by atoms with E-state index in [2.05, 4.69) is 25.6 Å². The molecule has 2 aromatic rings. The molecule has 0 aliphatic carbocycles. The zero-order valence-electron chi connectivity index (χ0n) is 10.1. The van der Waals surface area contributed by atoms with Crippen molar-refractivity contribution in [2.45, 2.75) is 13.5 Å². The van der Waals surface area contributed by atoms with Gasteiger partial charge >= 0.3 is 0 Å². The predicted octanol–water partition coefficient (Wildman–Crippen LogP) is 0.745. The first kappa shape index (κ1) is 12.0. The molecule has 0 radical (unpaired) electrons. The highest BCUT2D eigenvalue weighted by atomic mass is 16.4. The summed E-state index contributed by atoms with van der Waals surface area (Å²) in [5.41, 5.74) is 0.241. The normalized spacial score (nSPS) is 10.1. The second-order valence-electron chi connectivity index (χ2n) is 3.59. The third-order valence-electron chi connectivity index (χ3n) is 2.19. The molecule has 0 spiro atoms. The van der Waals surface area contributed by atoms with E-state index >= 15 is 0 Å². The highest BCUT2D eigenvalue weighted by molar-refractivity contribution is 5.92. The van der Waals surface area contributed by atoms with Gasteiger partial charge in [-0.3, -0.25) is 9.78 Å². The molecule has 0 aliphatic heterocycles. The third-order valence-corrected chi connectivity index (χ3v) is 2.19. The van der Waals surface area contributed by atoms with Crippen LogP contribution in [-0.4, -0.2) is 27.9 Å². The van der Waals surface area contributed by atoms with Crippen LogP contribution in [0.5, 0.6) is 0 Å². The van der Waals surface area contributed by atoms with Crippen LogP contribution in [0.4, 0.5) is 5.82 Å². The van der Waals surface area contributed by atoms with Crippen molar-refractivity contribution in [1.29, 1.82) is 0 Å². The van der Waals surface area contributed by atoms with E-state index in [4.69, 9.17) is 4.42 Å². The monoisotopic (exact) mass is 247 g/mol. The molecule has 7 heteroatoms. The van der Waals surface area contributed by atoms with Gasteiger partial charge in [-0.15, -0.1) is 0 Å². The Bertz CT molecular complexity index is 552. The Morgan fingerprint density at radius 1 is 1.39 bits per heavy atom. The molecule has 0 aliphatic rings. The number of hydrogen-bond acceptors (Lipinski definition) is 6. The summed E-state index contributed by atoms with van der Waals surface area (Å²) >= 11 is 0. The van der Waals surface area contributed by atoms with Crippen LogP contribution in [0.3, 0.4) is 0 Å². The van der Waals surface area contributed by atoms with Gasteiger partial charge in [-0.05, 0) is 6.92 Å². The Morgan fingerprint density at radius 2 is 2.22 bits per heavy atom. The fourth-order valence-electron chi connectivity index (χ4n) is 1.33. The van der Waals surface area contributed by atoms with Gasteiger partial charge in [-0.1, -0.05) is 0 Å². The van der Waals surface area contributed by atoms with Crippen molar-refractivity contribution >= 4 is 11.7 Å². The molecule has 0 bridgehead atoms. The lowest BCUT2D eigenvalue weighted by Crippen LogP contribution is -2.24. The summed E-state index contributed by atoms with van der Waals surface area (Å²) in [5, 5.41) is 5.47. The smallest absolute Gasteiger partial charge is 0.272 e. The molecule has 0 aromatic carbocycles.